The molecule has 112 valence electrons. The molecule has 1 aliphatic heterocycles. The van der Waals surface area contributed by atoms with E-state index in [0.717, 1.165) is 58.0 Å². The van der Waals surface area contributed by atoms with Gasteiger partial charge in [0.25, 0.3) is 0 Å². The molecule has 0 bridgehead atoms. The van der Waals surface area contributed by atoms with Crippen LogP contribution in [-0.2, 0) is 9.84 Å². The zero-order chi connectivity index (χ0) is 14.1. The SMILES string of the molecule is CC1(O)CCCN(C2CCCC(S(C)(=O)=O)C2)CC1. The van der Waals surface area contributed by atoms with Crippen LogP contribution in [0.4, 0.5) is 0 Å². The van der Waals surface area contributed by atoms with E-state index in [1.165, 1.54) is 6.26 Å². The summed E-state index contributed by atoms with van der Waals surface area (Å²) in [5.41, 5.74) is -0.542. The van der Waals surface area contributed by atoms with Gasteiger partial charge in [-0.05, 0) is 52.0 Å². The standard InChI is InChI=1S/C14H27NO3S/c1-14(16)7-4-9-15(10-8-14)12-5-3-6-13(11-12)19(2,17)18/h12-13,16H,3-11H2,1-2H3. The van der Waals surface area contributed by atoms with Crippen molar-refractivity contribution in [3.63, 3.8) is 0 Å². The molecule has 3 atom stereocenters. The van der Waals surface area contributed by atoms with Gasteiger partial charge in [-0.25, -0.2) is 8.42 Å². The molecule has 0 amide bonds. The Hall–Kier alpha value is -0.130. The molecule has 4 nitrogen and oxygen atoms in total. The summed E-state index contributed by atoms with van der Waals surface area (Å²) in [7, 11) is -2.91. The molecule has 1 saturated carbocycles. The predicted octanol–water partition coefficient (Wildman–Crippen LogP) is 1.58. The largest absolute Gasteiger partial charge is 0.390 e. The van der Waals surface area contributed by atoms with Gasteiger partial charge in [-0.1, -0.05) is 6.42 Å². The highest BCUT2D eigenvalue weighted by Crippen LogP contribution is 2.30. The Bertz CT molecular complexity index is 405. The Balaban J connectivity index is 1.98. The highest BCUT2D eigenvalue weighted by molar-refractivity contribution is 7.91. The Labute approximate surface area is 117 Å². The molecule has 0 aromatic carbocycles. The van der Waals surface area contributed by atoms with E-state index < -0.39 is 15.4 Å². The molecule has 0 aromatic heterocycles. The lowest BCUT2D eigenvalue weighted by molar-refractivity contribution is 0.0420. The first kappa shape index (κ1) is 15.3. The van der Waals surface area contributed by atoms with E-state index in [4.69, 9.17) is 0 Å². The van der Waals surface area contributed by atoms with E-state index >= 15 is 0 Å². The molecule has 19 heavy (non-hydrogen) atoms. The van der Waals surface area contributed by atoms with Gasteiger partial charge in [-0.3, -0.25) is 0 Å². The van der Waals surface area contributed by atoms with Gasteiger partial charge in [0, 0.05) is 18.8 Å². The molecule has 0 aromatic rings. The van der Waals surface area contributed by atoms with Crippen LogP contribution in [-0.4, -0.2) is 54.7 Å². The maximum absolute atomic E-state index is 11.7. The maximum Gasteiger partial charge on any atom is 0.150 e. The third kappa shape index (κ3) is 4.17. The minimum atomic E-state index is -2.91. The number of likely N-dealkylation sites (tertiary alicyclic amines) is 1. The van der Waals surface area contributed by atoms with Crippen molar-refractivity contribution in [2.75, 3.05) is 19.3 Å². The van der Waals surface area contributed by atoms with E-state index in [1.54, 1.807) is 0 Å². The first-order chi connectivity index (χ1) is 8.78. The van der Waals surface area contributed by atoms with Crippen molar-refractivity contribution >= 4 is 9.84 Å². The topological polar surface area (TPSA) is 57.6 Å². The van der Waals surface area contributed by atoms with Gasteiger partial charge in [-0.2, -0.15) is 0 Å². The summed E-state index contributed by atoms with van der Waals surface area (Å²) < 4.78 is 23.5. The number of rotatable bonds is 2. The average Bonchev–Trinajstić information content (AvgIpc) is 2.49. The van der Waals surface area contributed by atoms with Crippen molar-refractivity contribution in [1.82, 2.24) is 4.90 Å². The molecule has 2 fully saturated rings. The lowest BCUT2D eigenvalue weighted by Gasteiger charge is -2.36. The molecule has 2 aliphatic rings. The molecule has 0 radical (unpaired) electrons. The van der Waals surface area contributed by atoms with Crippen LogP contribution >= 0.6 is 0 Å². The molecule has 1 saturated heterocycles. The second kappa shape index (κ2) is 5.70. The first-order valence-corrected chi connectivity index (χ1v) is 9.39. The summed E-state index contributed by atoms with van der Waals surface area (Å²) in [6, 6.07) is 0.391. The molecular weight excluding hydrogens is 262 g/mol. The lowest BCUT2D eigenvalue weighted by atomic mass is 9.93. The fraction of sp³-hybridized carbons (Fsp3) is 1.00. The maximum atomic E-state index is 11.7. The van der Waals surface area contributed by atoms with Gasteiger partial charge in [0.15, 0.2) is 0 Å². The Morgan fingerprint density at radius 3 is 2.58 bits per heavy atom. The van der Waals surface area contributed by atoms with Crippen LogP contribution in [0, 0.1) is 0 Å². The molecule has 2 rings (SSSR count). The summed E-state index contributed by atoms with van der Waals surface area (Å²) in [6.45, 7) is 3.81. The summed E-state index contributed by atoms with van der Waals surface area (Å²) in [6.07, 6.45) is 7.74. The normalized spacial score (nSPS) is 38.9. The molecule has 1 aliphatic carbocycles. The Morgan fingerprint density at radius 2 is 1.89 bits per heavy atom. The summed E-state index contributed by atoms with van der Waals surface area (Å²) in [5.74, 6) is 0. The second-order valence-electron chi connectivity index (χ2n) is 6.66. The predicted molar refractivity (Wildman–Crippen MR) is 76.9 cm³/mol. The number of aliphatic hydroxyl groups is 1. The quantitative estimate of drug-likeness (QED) is 0.838. The van der Waals surface area contributed by atoms with Gasteiger partial charge in [0.2, 0.25) is 0 Å². The zero-order valence-electron chi connectivity index (χ0n) is 12.1. The third-order valence-corrected chi connectivity index (χ3v) is 6.46. The molecule has 0 spiro atoms. The van der Waals surface area contributed by atoms with Crippen molar-refractivity contribution in [1.29, 1.82) is 0 Å². The zero-order valence-corrected chi connectivity index (χ0v) is 13.0. The highest BCUT2D eigenvalue weighted by Gasteiger charge is 2.34. The van der Waals surface area contributed by atoms with Gasteiger partial charge in [0.05, 0.1) is 10.9 Å². The molecule has 3 unspecified atom stereocenters. The van der Waals surface area contributed by atoms with E-state index in [2.05, 4.69) is 4.90 Å². The Kier molecular flexibility index (Phi) is 4.58. The van der Waals surface area contributed by atoms with Crippen molar-refractivity contribution in [3.8, 4) is 0 Å². The van der Waals surface area contributed by atoms with Gasteiger partial charge in [-0.15, -0.1) is 0 Å². The van der Waals surface area contributed by atoms with Crippen molar-refractivity contribution < 1.29 is 13.5 Å². The highest BCUT2D eigenvalue weighted by atomic mass is 32.2. The van der Waals surface area contributed by atoms with Gasteiger partial charge < -0.3 is 10.0 Å². The minimum absolute atomic E-state index is 0.157. The van der Waals surface area contributed by atoms with E-state index in [1.807, 2.05) is 6.92 Å². The molecule has 1 N–H and O–H groups in total. The number of nitrogens with zero attached hydrogens (tertiary/aromatic N) is 1. The van der Waals surface area contributed by atoms with Crippen LogP contribution in [0.2, 0.25) is 0 Å². The third-order valence-electron chi connectivity index (χ3n) is 4.82. The average molecular weight is 289 g/mol. The lowest BCUT2D eigenvalue weighted by Crippen LogP contribution is -2.43. The van der Waals surface area contributed by atoms with Crippen LogP contribution in [0.3, 0.4) is 0 Å². The van der Waals surface area contributed by atoms with Crippen molar-refractivity contribution in [2.45, 2.75) is 68.8 Å². The van der Waals surface area contributed by atoms with E-state index in [9.17, 15) is 13.5 Å². The summed E-state index contributed by atoms with van der Waals surface area (Å²) >= 11 is 0. The molecule has 1 heterocycles. The molecule has 5 heteroatoms. The fourth-order valence-electron chi connectivity index (χ4n) is 3.49. The van der Waals surface area contributed by atoms with Crippen molar-refractivity contribution in [2.24, 2.45) is 0 Å². The smallest absolute Gasteiger partial charge is 0.150 e. The van der Waals surface area contributed by atoms with E-state index in [-0.39, 0.29) is 5.25 Å². The van der Waals surface area contributed by atoms with Gasteiger partial charge >= 0.3 is 0 Å². The number of hydrogen-bond donors (Lipinski definition) is 1. The van der Waals surface area contributed by atoms with E-state index in [0.29, 0.717) is 6.04 Å². The van der Waals surface area contributed by atoms with Crippen LogP contribution in [0.25, 0.3) is 0 Å². The van der Waals surface area contributed by atoms with Crippen LogP contribution in [0.15, 0.2) is 0 Å². The van der Waals surface area contributed by atoms with Crippen molar-refractivity contribution in [3.05, 3.63) is 0 Å². The summed E-state index contributed by atoms with van der Waals surface area (Å²) in [5, 5.41) is 9.97. The number of sulfone groups is 1. The van der Waals surface area contributed by atoms with Crippen LogP contribution < -0.4 is 0 Å². The van der Waals surface area contributed by atoms with Crippen LogP contribution in [0.1, 0.15) is 51.9 Å². The Morgan fingerprint density at radius 1 is 1.16 bits per heavy atom. The van der Waals surface area contributed by atoms with Gasteiger partial charge in [0.1, 0.15) is 9.84 Å². The minimum Gasteiger partial charge on any atom is -0.390 e. The van der Waals surface area contributed by atoms with Crippen LogP contribution in [0.5, 0.6) is 0 Å². The second-order valence-corrected chi connectivity index (χ2v) is 8.98. The number of hydrogen-bond acceptors (Lipinski definition) is 4. The first-order valence-electron chi connectivity index (χ1n) is 7.43. The molecular formula is C14H27NO3S. The monoisotopic (exact) mass is 289 g/mol. The summed E-state index contributed by atoms with van der Waals surface area (Å²) in [4.78, 5) is 2.42. The fourth-order valence-corrected chi connectivity index (χ4v) is 4.66.